The number of thiophene rings is 1. The highest BCUT2D eigenvalue weighted by atomic mass is 127. The van der Waals surface area contributed by atoms with Crippen molar-refractivity contribution < 1.29 is 8.83 Å². The number of benzene rings is 4. The Kier molecular flexibility index (Phi) is 5.08. The van der Waals surface area contributed by atoms with Crippen molar-refractivity contribution in [2.45, 2.75) is 0 Å². The summed E-state index contributed by atoms with van der Waals surface area (Å²) < 4.78 is 15.0. The molecule has 0 amide bonds. The lowest BCUT2D eigenvalue weighted by Crippen LogP contribution is -2.03. The molecule has 0 spiro atoms. The van der Waals surface area contributed by atoms with Crippen molar-refractivity contribution in [1.29, 1.82) is 0 Å². The Morgan fingerprint density at radius 1 is 0.583 bits per heavy atom. The molecular formula is C31H17IO3S. The largest absolute Gasteiger partial charge is 0.455 e. The number of para-hydroxylation sites is 1. The molecule has 4 aromatic carbocycles. The van der Waals surface area contributed by atoms with Crippen LogP contribution in [0.4, 0.5) is 0 Å². The standard InChI is InChI=1S/C31H17IO3S/c32-27-22-15-7-9-17-24(22)36-30(27)26-19-12-4-5-13-20(19)31(33)35-29(26)25-21-14-6-8-16-23(21)34-28(25)18-10-2-1-3-11-18/h1-17H. The van der Waals surface area contributed by atoms with Crippen molar-refractivity contribution in [2.75, 3.05) is 0 Å². The first-order chi connectivity index (χ1) is 17.7. The third kappa shape index (κ3) is 3.27. The number of halogens is 1. The van der Waals surface area contributed by atoms with Crippen molar-refractivity contribution in [3.05, 3.63) is 117 Å². The molecule has 0 bridgehead atoms. The van der Waals surface area contributed by atoms with Crippen molar-refractivity contribution in [1.82, 2.24) is 0 Å². The smallest absolute Gasteiger partial charge is 0.344 e. The lowest BCUT2D eigenvalue weighted by Gasteiger charge is -2.12. The summed E-state index contributed by atoms with van der Waals surface area (Å²) >= 11 is 4.13. The summed E-state index contributed by atoms with van der Waals surface area (Å²) in [5.41, 5.74) is 3.03. The van der Waals surface area contributed by atoms with Gasteiger partial charge in [0.2, 0.25) is 0 Å². The Hall–Kier alpha value is -3.68. The van der Waals surface area contributed by atoms with Gasteiger partial charge in [-0.3, -0.25) is 0 Å². The predicted octanol–water partition coefficient (Wildman–Crippen LogP) is 9.36. The second-order valence-corrected chi connectivity index (χ2v) is 10.7. The Labute approximate surface area is 223 Å². The molecule has 172 valence electrons. The van der Waals surface area contributed by atoms with E-state index in [-0.39, 0.29) is 5.63 Å². The molecule has 0 fully saturated rings. The zero-order valence-corrected chi connectivity index (χ0v) is 21.8. The highest BCUT2D eigenvalue weighted by Crippen LogP contribution is 2.49. The number of hydrogen-bond donors (Lipinski definition) is 0. The van der Waals surface area contributed by atoms with E-state index in [0.717, 1.165) is 41.5 Å². The van der Waals surface area contributed by atoms with Gasteiger partial charge in [0.1, 0.15) is 11.3 Å². The first-order valence-corrected chi connectivity index (χ1v) is 13.4. The number of fused-ring (bicyclic) bond motifs is 3. The second-order valence-electron chi connectivity index (χ2n) is 8.55. The van der Waals surface area contributed by atoms with Gasteiger partial charge in [0.05, 0.1) is 15.8 Å². The van der Waals surface area contributed by atoms with Crippen LogP contribution < -0.4 is 5.63 Å². The summed E-state index contributed by atoms with van der Waals surface area (Å²) in [6.07, 6.45) is 0. The normalized spacial score (nSPS) is 11.6. The Balaban J connectivity index is 1.68. The topological polar surface area (TPSA) is 43.4 Å². The van der Waals surface area contributed by atoms with Crippen LogP contribution in [0.1, 0.15) is 0 Å². The third-order valence-electron chi connectivity index (χ3n) is 6.46. The minimum atomic E-state index is -0.357. The van der Waals surface area contributed by atoms with Crippen molar-refractivity contribution in [3.63, 3.8) is 0 Å². The van der Waals surface area contributed by atoms with Gasteiger partial charge in [0.25, 0.3) is 0 Å². The minimum Gasteiger partial charge on any atom is -0.455 e. The fourth-order valence-corrected chi connectivity index (χ4v) is 7.24. The number of furan rings is 1. The van der Waals surface area contributed by atoms with Crippen LogP contribution in [0.2, 0.25) is 0 Å². The zero-order chi connectivity index (χ0) is 24.2. The van der Waals surface area contributed by atoms with Crippen molar-refractivity contribution in [3.8, 4) is 33.1 Å². The van der Waals surface area contributed by atoms with E-state index in [1.807, 2.05) is 78.9 Å². The molecule has 3 heterocycles. The lowest BCUT2D eigenvalue weighted by atomic mass is 9.96. The summed E-state index contributed by atoms with van der Waals surface area (Å²) in [5, 5.41) is 3.54. The van der Waals surface area contributed by atoms with Crippen LogP contribution in [0, 0.1) is 3.57 Å². The molecule has 0 unspecified atom stereocenters. The summed E-state index contributed by atoms with van der Waals surface area (Å²) in [7, 11) is 0. The zero-order valence-electron chi connectivity index (χ0n) is 18.8. The fourth-order valence-electron chi connectivity index (χ4n) is 4.84. The molecule has 36 heavy (non-hydrogen) atoms. The van der Waals surface area contributed by atoms with Gasteiger partial charge in [-0.05, 0) is 40.8 Å². The Morgan fingerprint density at radius 2 is 1.22 bits per heavy atom. The van der Waals surface area contributed by atoms with Gasteiger partial charge < -0.3 is 8.83 Å². The second kappa shape index (κ2) is 8.47. The van der Waals surface area contributed by atoms with E-state index in [1.54, 1.807) is 11.3 Å². The van der Waals surface area contributed by atoms with Crippen LogP contribution in [0.3, 0.4) is 0 Å². The van der Waals surface area contributed by atoms with Crippen LogP contribution in [-0.4, -0.2) is 0 Å². The maximum absolute atomic E-state index is 13.3. The van der Waals surface area contributed by atoms with Crippen LogP contribution in [0.15, 0.2) is 117 Å². The molecule has 0 saturated carbocycles. The van der Waals surface area contributed by atoms with Gasteiger partial charge in [-0.2, -0.15) is 0 Å². The van der Waals surface area contributed by atoms with Crippen LogP contribution >= 0.6 is 33.9 Å². The minimum absolute atomic E-state index is 0.357. The molecule has 3 nitrogen and oxygen atoms in total. The highest BCUT2D eigenvalue weighted by Gasteiger charge is 2.27. The average Bonchev–Trinajstić information content (AvgIpc) is 3.47. The number of hydrogen-bond acceptors (Lipinski definition) is 4. The van der Waals surface area contributed by atoms with E-state index < -0.39 is 0 Å². The highest BCUT2D eigenvalue weighted by molar-refractivity contribution is 14.1. The summed E-state index contributed by atoms with van der Waals surface area (Å²) in [4.78, 5) is 14.4. The van der Waals surface area contributed by atoms with E-state index in [9.17, 15) is 4.79 Å². The molecule has 0 aliphatic carbocycles. The van der Waals surface area contributed by atoms with Gasteiger partial charge in [0.15, 0.2) is 5.76 Å². The molecule has 7 aromatic rings. The van der Waals surface area contributed by atoms with E-state index in [1.165, 1.54) is 10.1 Å². The van der Waals surface area contributed by atoms with Crippen molar-refractivity contribution in [2.24, 2.45) is 0 Å². The predicted molar refractivity (Wildman–Crippen MR) is 157 cm³/mol. The third-order valence-corrected chi connectivity index (χ3v) is 9.13. The van der Waals surface area contributed by atoms with E-state index >= 15 is 0 Å². The molecular weight excluding hydrogens is 579 g/mol. The Bertz CT molecular complexity index is 1980. The Morgan fingerprint density at radius 3 is 2.00 bits per heavy atom. The van der Waals surface area contributed by atoms with Crippen LogP contribution in [0.25, 0.3) is 64.9 Å². The number of rotatable bonds is 3. The van der Waals surface area contributed by atoms with Crippen LogP contribution in [0.5, 0.6) is 0 Å². The molecule has 0 aliphatic heterocycles. The van der Waals surface area contributed by atoms with Gasteiger partial charge >= 0.3 is 5.63 Å². The quantitative estimate of drug-likeness (QED) is 0.191. The first kappa shape index (κ1) is 21.6. The molecule has 0 saturated heterocycles. The van der Waals surface area contributed by atoms with E-state index in [4.69, 9.17) is 8.83 Å². The molecule has 0 atom stereocenters. The maximum atomic E-state index is 13.3. The van der Waals surface area contributed by atoms with Crippen LogP contribution in [-0.2, 0) is 0 Å². The SMILES string of the molecule is O=c1oc(-c2c(-c3ccccc3)oc3ccccc23)c(-c2sc3ccccc3c2I)c2ccccc12. The monoisotopic (exact) mass is 596 g/mol. The molecule has 0 aliphatic rings. The maximum Gasteiger partial charge on any atom is 0.344 e. The van der Waals surface area contributed by atoms with Gasteiger partial charge in [0, 0.05) is 35.6 Å². The summed E-state index contributed by atoms with van der Waals surface area (Å²) in [5.74, 6) is 1.22. The lowest BCUT2D eigenvalue weighted by molar-refractivity contribution is 0.535. The summed E-state index contributed by atoms with van der Waals surface area (Å²) in [6, 6.07) is 34.0. The van der Waals surface area contributed by atoms with Crippen molar-refractivity contribution >= 4 is 65.8 Å². The molecule has 7 rings (SSSR count). The average molecular weight is 596 g/mol. The first-order valence-electron chi connectivity index (χ1n) is 11.5. The van der Waals surface area contributed by atoms with Gasteiger partial charge in [-0.25, -0.2) is 4.79 Å². The fraction of sp³-hybridized carbons (Fsp3) is 0. The molecule has 3 aromatic heterocycles. The van der Waals surface area contributed by atoms with Gasteiger partial charge in [-0.15, -0.1) is 11.3 Å². The molecule has 5 heteroatoms. The summed E-state index contributed by atoms with van der Waals surface area (Å²) in [6.45, 7) is 0. The van der Waals surface area contributed by atoms with E-state index in [2.05, 4.69) is 46.9 Å². The van der Waals surface area contributed by atoms with E-state index in [0.29, 0.717) is 16.9 Å². The molecule has 0 N–H and O–H groups in total. The van der Waals surface area contributed by atoms with Gasteiger partial charge in [-0.1, -0.05) is 84.9 Å². The molecule has 0 radical (unpaired) electrons.